The fourth-order valence-electron chi connectivity index (χ4n) is 5.22. The standard InChI is InChI=1S/C31H38FN3O4/c1-5-31(18-29(37)35(21-31)25-12-13-28(36)34(4)20-25)14-15-33-19-22-16-26(38-6-2)30(27(17-22)39-7-3)23-8-10-24(32)11-9-23/h8-13,16-17,20,33H,5-7,14-15,18-19,21H2,1-4H3. The fraction of sp³-hybridized carbons (Fsp3) is 0.419. The van der Waals surface area contributed by atoms with Gasteiger partial charge in [0.15, 0.2) is 0 Å². The van der Waals surface area contributed by atoms with Gasteiger partial charge in [-0.2, -0.15) is 0 Å². The van der Waals surface area contributed by atoms with E-state index in [1.807, 2.05) is 26.0 Å². The Bertz CT molecular complexity index is 1330. The number of anilines is 1. The molecule has 1 aliphatic rings. The van der Waals surface area contributed by atoms with Crippen LogP contribution >= 0.6 is 0 Å². The second kappa shape index (κ2) is 12.5. The van der Waals surface area contributed by atoms with Crippen LogP contribution in [0.5, 0.6) is 11.5 Å². The average molecular weight is 536 g/mol. The van der Waals surface area contributed by atoms with E-state index in [9.17, 15) is 14.0 Å². The number of carbonyl (C=O) groups excluding carboxylic acids is 1. The first-order chi connectivity index (χ1) is 18.8. The predicted octanol–water partition coefficient (Wildman–Crippen LogP) is 5.30. The third-order valence-electron chi connectivity index (χ3n) is 7.47. The zero-order chi connectivity index (χ0) is 28.0. The van der Waals surface area contributed by atoms with E-state index in [0.717, 1.165) is 41.8 Å². The van der Waals surface area contributed by atoms with Gasteiger partial charge >= 0.3 is 0 Å². The zero-order valence-electron chi connectivity index (χ0n) is 23.3. The topological polar surface area (TPSA) is 72.8 Å². The molecule has 3 aromatic rings. The van der Waals surface area contributed by atoms with E-state index in [1.54, 1.807) is 36.3 Å². The second-order valence-corrected chi connectivity index (χ2v) is 10.1. The largest absolute Gasteiger partial charge is 0.493 e. The highest BCUT2D eigenvalue weighted by molar-refractivity contribution is 5.96. The number of amides is 1. The Morgan fingerprint density at radius 3 is 2.23 bits per heavy atom. The van der Waals surface area contributed by atoms with Crippen LogP contribution in [-0.2, 0) is 18.4 Å². The monoisotopic (exact) mass is 535 g/mol. The minimum atomic E-state index is -0.290. The lowest BCUT2D eigenvalue weighted by atomic mass is 9.81. The van der Waals surface area contributed by atoms with Crippen LogP contribution in [0.2, 0.25) is 0 Å². The molecule has 1 saturated heterocycles. The molecule has 0 radical (unpaired) electrons. The van der Waals surface area contributed by atoms with E-state index >= 15 is 0 Å². The number of aryl methyl sites for hydroxylation is 1. The van der Waals surface area contributed by atoms with E-state index in [1.165, 1.54) is 22.8 Å². The molecule has 2 heterocycles. The van der Waals surface area contributed by atoms with Crippen LogP contribution in [-0.4, -0.2) is 36.8 Å². The summed E-state index contributed by atoms with van der Waals surface area (Å²) in [6, 6.07) is 13.6. The SMILES string of the molecule is CCOc1cc(CNCCC2(CC)CC(=O)N(c3ccc(=O)n(C)c3)C2)cc(OCC)c1-c1ccc(F)cc1. The molecular formula is C31H38FN3O4. The van der Waals surface area contributed by atoms with Gasteiger partial charge in [0.25, 0.3) is 0 Å². The van der Waals surface area contributed by atoms with Gasteiger partial charge in [0.05, 0.1) is 24.5 Å². The van der Waals surface area contributed by atoms with Crippen LogP contribution in [0.4, 0.5) is 10.1 Å². The first-order valence-corrected chi connectivity index (χ1v) is 13.7. The number of rotatable bonds is 12. The summed E-state index contributed by atoms with van der Waals surface area (Å²) < 4.78 is 27.0. The van der Waals surface area contributed by atoms with Crippen LogP contribution < -0.4 is 25.2 Å². The van der Waals surface area contributed by atoms with E-state index < -0.39 is 0 Å². The lowest BCUT2D eigenvalue weighted by molar-refractivity contribution is -0.117. The summed E-state index contributed by atoms with van der Waals surface area (Å²) in [7, 11) is 1.70. The third-order valence-corrected chi connectivity index (χ3v) is 7.47. The molecule has 8 heteroatoms. The maximum atomic E-state index is 13.6. The quantitative estimate of drug-likeness (QED) is 0.319. The number of carbonyl (C=O) groups is 1. The molecule has 0 bridgehead atoms. The van der Waals surface area contributed by atoms with Gasteiger partial charge in [-0.05, 0) is 80.1 Å². The fourth-order valence-corrected chi connectivity index (χ4v) is 5.22. The highest BCUT2D eigenvalue weighted by atomic mass is 19.1. The number of ether oxygens (including phenoxy) is 2. The van der Waals surface area contributed by atoms with E-state index in [2.05, 4.69) is 12.2 Å². The molecule has 1 aromatic heterocycles. The van der Waals surface area contributed by atoms with Crippen LogP contribution in [0, 0.1) is 11.2 Å². The number of aromatic nitrogens is 1. The highest BCUT2D eigenvalue weighted by Gasteiger charge is 2.42. The molecule has 0 spiro atoms. The molecule has 1 unspecified atom stereocenters. The van der Waals surface area contributed by atoms with Crippen molar-refractivity contribution in [2.24, 2.45) is 12.5 Å². The molecule has 1 atom stereocenters. The zero-order valence-corrected chi connectivity index (χ0v) is 23.3. The molecule has 4 rings (SSSR count). The van der Waals surface area contributed by atoms with Crippen molar-refractivity contribution in [3.8, 4) is 22.6 Å². The van der Waals surface area contributed by atoms with Gasteiger partial charge in [-0.25, -0.2) is 4.39 Å². The Hall–Kier alpha value is -3.65. The highest BCUT2D eigenvalue weighted by Crippen LogP contribution is 2.41. The first-order valence-electron chi connectivity index (χ1n) is 13.7. The lowest BCUT2D eigenvalue weighted by Gasteiger charge is -2.27. The molecule has 0 saturated carbocycles. The first kappa shape index (κ1) is 28.4. The van der Waals surface area contributed by atoms with Crippen LogP contribution in [0.3, 0.4) is 0 Å². The molecule has 2 aromatic carbocycles. The Morgan fingerprint density at radius 1 is 0.974 bits per heavy atom. The van der Waals surface area contributed by atoms with Crippen molar-refractivity contribution in [3.63, 3.8) is 0 Å². The van der Waals surface area contributed by atoms with Crippen molar-refractivity contribution in [2.75, 3.05) is 31.2 Å². The maximum absolute atomic E-state index is 13.6. The molecule has 1 aliphatic heterocycles. The van der Waals surface area contributed by atoms with Gasteiger partial charge in [0.2, 0.25) is 11.5 Å². The van der Waals surface area contributed by atoms with Crippen molar-refractivity contribution < 1.29 is 18.7 Å². The molecule has 1 amide bonds. The molecular weight excluding hydrogens is 497 g/mol. The van der Waals surface area contributed by atoms with Gasteiger partial charge in [-0.3, -0.25) is 9.59 Å². The number of hydrogen-bond acceptors (Lipinski definition) is 5. The number of benzene rings is 2. The van der Waals surface area contributed by atoms with E-state index in [4.69, 9.17) is 9.47 Å². The summed E-state index contributed by atoms with van der Waals surface area (Å²) in [5.41, 5.74) is 3.21. The number of hydrogen-bond donors (Lipinski definition) is 1. The number of nitrogens with zero attached hydrogens (tertiary/aromatic N) is 2. The molecule has 0 aliphatic carbocycles. The third kappa shape index (κ3) is 6.50. The summed E-state index contributed by atoms with van der Waals surface area (Å²) >= 11 is 0. The van der Waals surface area contributed by atoms with Crippen molar-refractivity contribution >= 4 is 11.6 Å². The van der Waals surface area contributed by atoms with Gasteiger partial charge in [-0.15, -0.1) is 0 Å². The molecule has 1 N–H and O–H groups in total. The Kier molecular flexibility index (Phi) is 9.07. The Balaban J connectivity index is 1.46. The van der Waals surface area contributed by atoms with Crippen LogP contribution in [0.1, 0.15) is 45.6 Å². The summed E-state index contributed by atoms with van der Waals surface area (Å²) in [5.74, 6) is 1.20. The summed E-state index contributed by atoms with van der Waals surface area (Å²) in [4.78, 5) is 26.5. The van der Waals surface area contributed by atoms with Crippen molar-refractivity contribution in [1.82, 2.24) is 9.88 Å². The number of pyridine rings is 1. The number of halogens is 1. The van der Waals surface area contributed by atoms with Crippen molar-refractivity contribution in [1.29, 1.82) is 0 Å². The minimum absolute atomic E-state index is 0.0922. The Labute approximate surface area is 229 Å². The average Bonchev–Trinajstić information content (AvgIpc) is 3.26. The van der Waals surface area contributed by atoms with Crippen LogP contribution in [0.25, 0.3) is 11.1 Å². The van der Waals surface area contributed by atoms with Gasteiger partial charge in [0.1, 0.15) is 17.3 Å². The van der Waals surface area contributed by atoms with Gasteiger partial charge in [0, 0.05) is 38.8 Å². The molecule has 7 nitrogen and oxygen atoms in total. The number of nitrogens with one attached hydrogen (secondary N) is 1. The molecule has 39 heavy (non-hydrogen) atoms. The van der Waals surface area contributed by atoms with Gasteiger partial charge < -0.3 is 24.3 Å². The minimum Gasteiger partial charge on any atom is -0.493 e. The second-order valence-electron chi connectivity index (χ2n) is 10.1. The van der Waals surface area contributed by atoms with Crippen LogP contribution in [0.15, 0.2) is 59.5 Å². The van der Waals surface area contributed by atoms with E-state index in [0.29, 0.717) is 44.2 Å². The Morgan fingerprint density at radius 2 is 1.64 bits per heavy atom. The van der Waals surface area contributed by atoms with Crippen molar-refractivity contribution in [2.45, 2.75) is 46.6 Å². The predicted molar refractivity (Wildman–Crippen MR) is 152 cm³/mol. The summed E-state index contributed by atoms with van der Waals surface area (Å²) in [5, 5.41) is 3.54. The van der Waals surface area contributed by atoms with E-state index in [-0.39, 0.29) is 22.7 Å². The lowest BCUT2D eigenvalue weighted by Crippen LogP contribution is -2.31. The van der Waals surface area contributed by atoms with Crippen molar-refractivity contribution in [3.05, 3.63) is 76.5 Å². The smallest absolute Gasteiger partial charge is 0.250 e. The maximum Gasteiger partial charge on any atom is 0.250 e. The molecule has 208 valence electrons. The summed E-state index contributed by atoms with van der Waals surface area (Å²) in [6.07, 6.45) is 3.95. The summed E-state index contributed by atoms with van der Waals surface area (Å²) in [6.45, 7) is 8.99. The molecule has 1 fully saturated rings. The normalized spacial score (nSPS) is 17.1. The van der Waals surface area contributed by atoms with Gasteiger partial charge in [-0.1, -0.05) is 19.1 Å².